The monoisotopic (exact) mass is 346 g/mol. The van der Waals surface area contributed by atoms with Crippen LogP contribution in [0.5, 0.6) is 0 Å². The van der Waals surface area contributed by atoms with Gasteiger partial charge in [-0.1, -0.05) is 64.1 Å². The zero-order valence-electron chi connectivity index (χ0n) is 16.8. The van der Waals surface area contributed by atoms with Crippen molar-refractivity contribution in [3.05, 3.63) is 69.8 Å². The molecule has 0 atom stereocenters. The van der Waals surface area contributed by atoms with E-state index in [0.29, 0.717) is 0 Å². The molecule has 0 bridgehead atoms. The first-order valence-corrected chi connectivity index (χ1v) is 9.91. The van der Waals surface area contributed by atoms with Gasteiger partial charge in [-0.05, 0) is 71.3 Å². The van der Waals surface area contributed by atoms with E-state index in [1.165, 1.54) is 42.4 Å². The van der Waals surface area contributed by atoms with Gasteiger partial charge in [0.2, 0.25) is 0 Å². The highest BCUT2D eigenvalue weighted by atomic mass is 16.1. The van der Waals surface area contributed by atoms with Gasteiger partial charge in [-0.3, -0.25) is 4.79 Å². The highest BCUT2D eigenvalue weighted by Crippen LogP contribution is 2.56. The molecule has 0 radical (unpaired) electrons. The summed E-state index contributed by atoms with van der Waals surface area (Å²) in [7, 11) is 0. The minimum Gasteiger partial charge on any atom is -0.298 e. The molecule has 1 heteroatoms. The maximum Gasteiger partial charge on any atom is 0.150 e. The Balaban J connectivity index is 1.86. The standard InChI is InChI=1S/C25H30O/c1-17-14-21-22(24(4,5)11-10-23(21,2)3)15-20(17)25(12-13-25)19-8-6-18(16-26)7-9-19/h6-9,14-16H,10-13H2,1-5H3. The topological polar surface area (TPSA) is 17.1 Å². The van der Waals surface area contributed by atoms with Crippen LogP contribution in [0.25, 0.3) is 0 Å². The summed E-state index contributed by atoms with van der Waals surface area (Å²) >= 11 is 0. The van der Waals surface area contributed by atoms with Gasteiger partial charge in [-0.2, -0.15) is 0 Å². The van der Waals surface area contributed by atoms with E-state index in [1.54, 1.807) is 11.1 Å². The molecule has 0 saturated heterocycles. The van der Waals surface area contributed by atoms with Gasteiger partial charge in [-0.15, -0.1) is 0 Å². The largest absolute Gasteiger partial charge is 0.298 e. The normalized spacial score (nSPS) is 21.7. The van der Waals surface area contributed by atoms with Crippen LogP contribution in [0.4, 0.5) is 0 Å². The predicted octanol–water partition coefficient (Wildman–Crippen LogP) is 6.24. The molecule has 2 aromatic rings. The van der Waals surface area contributed by atoms with Crippen LogP contribution in [0.3, 0.4) is 0 Å². The van der Waals surface area contributed by atoms with Gasteiger partial charge in [0, 0.05) is 11.0 Å². The number of hydrogen-bond acceptors (Lipinski definition) is 1. The summed E-state index contributed by atoms with van der Waals surface area (Å²) in [5.74, 6) is 0. The molecule has 1 fully saturated rings. The molecule has 0 aromatic heterocycles. The molecule has 0 aliphatic heterocycles. The van der Waals surface area contributed by atoms with Gasteiger partial charge < -0.3 is 0 Å². The van der Waals surface area contributed by atoms with Crippen molar-refractivity contribution < 1.29 is 4.79 Å². The van der Waals surface area contributed by atoms with Gasteiger partial charge in [-0.25, -0.2) is 0 Å². The number of carbonyl (C=O) groups excluding carboxylic acids is 1. The number of carbonyl (C=O) groups is 1. The van der Waals surface area contributed by atoms with Gasteiger partial charge in [0.05, 0.1) is 0 Å². The molecule has 0 spiro atoms. The summed E-state index contributed by atoms with van der Waals surface area (Å²) in [6.07, 6.45) is 5.84. The van der Waals surface area contributed by atoms with Crippen LogP contribution in [0.15, 0.2) is 36.4 Å². The van der Waals surface area contributed by atoms with E-state index in [2.05, 4.69) is 58.9 Å². The van der Waals surface area contributed by atoms with Gasteiger partial charge >= 0.3 is 0 Å². The van der Waals surface area contributed by atoms with E-state index >= 15 is 0 Å². The summed E-state index contributed by atoms with van der Waals surface area (Å²) in [6.45, 7) is 11.9. The molecule has 0 heterocycles. The summed E-state index contributed by atoms with van der Waals surface area (Å²) in [5.41, 5.74) is 8.78. The average molecular weight is 347 g/mol. The zero-order valence-corrected chi connectivity index (χ0v) is 16.8. The average Bonchev–Trinajstić information content (AvgIpc) is 3.40. The van der Waals surface area contributed by atoms with Crippen LogP contribution < -0.4 is 0 Å². The van der Waals surface area contributed by atoms with Gasteiger partial charge in [0.15, 0.2) is 0 Å². The lowest BCUT2D eigenvalue weighted by molar-refractivity contribution is 0.112. The lowest BCUT2D eigenvalue weighted by Gasteiger charge is -2.43. The number of hydrogen-bond donors (Lipinski definition) is 0. The van der Waals surface area contributed by atoms with Crippen LogP contribution in [0.1, 0.15) is 91.6 Å². The van der Waals surface area contributed by atoms with E-state index in [1.807, 2.05) is 12.1 Å². The maximum atomic E-state index is 11.0. The molecule has 0 unspecified atom stereocenters. The second-order valence-electron chi connectivity index (χ2n) is 9.80. The predicted molar refractivity (Wildman–Crippen MR) is 108 cm³/mol. The summed E-state index contributed by atoms with van der Waals surface area (Å²) in [4.78, 5) is 11.0. The van der Waals surface area contributed by atoms with E-state index in [4.69, 9.17) is 0 Å². The fourth-order valence-corrected chi connectivity index (χ4v) is 4.96. The van der Waals surface area contributed by atoms with Crippen LogP contribution in [-0.2, 0) is 16.2 Å². The van der Waals surface area contributed by atoms with Crippen molar-refractivity contribution in [2.24, 2.45) is 0 Å². The van der Waals surface area contributed by atoms with Crippen molar-refractivity contribution in [1.82, 2.24) is 0 Å². The van der Waals surface area contributed by atoms with Crippen LogP contribution in [0.2, 0.25) is 0 Å². The second kappa shape index (κ2) is 5.55. The third-order valence-electron chi connectivity index (χ3n) is 7.06. The lowest BCUT2D eigenvalue weighted by Crippen LogP contribution is -2.34. The van der Waals surface area contributed by atoms with Crippen molar-refractivity contribution in [3.8, 4) is 0 Å². The fraction of sp³-hybridized carbons (Fsp3) is 0.480. The SMILES string of the molecule is Cc1cc2c(cc1C1(c3ccc(C=O)cc3)CC1)C(C)(C)CCC2(C)C. The molecule has 2 aliphatic carbocycles. The first-order valence-electron chi connectivity index (χ1n) is 9.91. The molecule has 2 aromatic carbocycles. The molecule has 2 aliphatic rings. The molecular formula is C25H30O. The summed E-state index contributed by atoms with van der Waals surface area (Å²) in [6, 6.07) is 13.2. The molecule has 0 amide bonds. The van der Waals surface area contributed by atoms with Crippen LogP contribution in [0, 0.1) is 6.92 Å². The Morgan fingerprint density at radius 1 is 0.769 bits per heavy atom. The Kier molecular flexibility index (Phi) is 3.74. The van der Waals surface area contributed by atoms with Crippen LogP contribution >= 0.6 is 0 Å². The first kappa shape index (κ1) is 17.5. The number of rotatable bonds is 3. The van der Waals surface area contributed by atoms with E-state index < -0.39 is 0 Å². The lowest BCUT2D eigenvalue weighted by atomic mass is 9.62. The maximum absolute atomic E-state index is 11.0. The first-order chi connectivity index (χ1) is 12.2. The fourth-order valence-electron chi connectivity index (χ4n) is 4.96. The van der Waals surface area contributed by atoms with Gasteiger partial charge in [0.25, 0.3) is 0 Å². The molecule has 136 valence electrons. The minimum absolute atomic E-state index is 0.151. The Morgan fingerprint density at radius 3 is 1.81 bits per heavy atom. The Hall–Kier alpha value is -1.89. The third-order valence-corrected chi connectivity index (χ3v) is 7.06. The molecule has 1 saturated carbocycles. The van der Waals surface area contributed by atoms with Crippen molar-refractivity contribution in [3.63, 3.8) is 0 Å². The molecule has 4 rings (SSSR count). The van der Waals surface area contributed by atoms with E-state index in [-0.39, 0.29) is 16.2 Å². The quantitative estimate of drug-likeness (QED) is 0.601. The molecule has 1 nitrogen and oxygen atoms in total. The number of aryl methyl sites for hydroxylation is 1. The Bertz CT molecular complexity index is 864. The summed E-state index contributed by atoms with van der Waals surface area (Å²) in [5, 5.41) is 0. The number of aldehydes is 1. The Labute approximate surface area is 157 Å². The van der Waals surface area contributed by atoms with E-state index in [0.717, 1.165) is 11.8 Å². The second-order valence-corrected chi connectivity index (χ2v) is 9.80. The highest BCUT2D eigenvalue weighted by molar-refractivity contribution is 5.75. The van der Waals surface area contributed by atoms with Crippen molar-refractivity contribution >= 4 is 6.29 Å². The molecular weight excluding hydrogens is 316 g/mol. The Morgan fingerprint density at radius 2 is 1.31 bits per heavy atom. The minimum atomic E-state index is 0.151. The van der Waals surface area contributed by atoms with E-state index in [9.17, 15) is 4.79 Å². The van der Waals surface area contributed by atoms with Gasteiger partial charge in [0.1, 0.15) is 6.29 Å². The van der Waals surface area contributed by atoms with Crippen molar-refractivity contribution in [2.75, 3.05) is 0 Å². The zero-order chi connectivity index (χ0) is 18.7. The van der Waals surface area contributed by atoms with Crippen LogP contribution in [-0.4, -0.2) is 6.29 Å². The molecule has 0 N–H and O–H groups in total. The number of fused-ring (bicyclic) bond motifs is 1. The van der Waals surface area contributed by atoms with Crippen molar-refractivity contribution in [2.45, 2.75) is 76.5 Å². The number of benzene rings is 2. The highest BCUT2D eigenvalue weighted by Gasteiger charge is 2.48. The van der Waals surface area contributed by atoms with Crippen molar-refractivity contribution in [1.29, 1.82) is 0 Å². The smallest absolute Gasteiger partial charge is 0.150 e. The molecule has 26 heavy (non-hydrogen) atoms. The summed E-state index contributed by atoms with van der Waals surface area (Å²) < 4.78 is 0. The third kappa shape index (κ3) is 2.55.